The quantitative estimate of drug-likeness (QED) is 0.823. The van der Waals surface area contributed by atoms with Gasteiger partial charge in [-0.3, -0.25) is 4.79 Å². The van der Waals surface area contributed by atoms with Crippen LogP contribution in [-0.4, -0.2) is 36.0 Å². The van der Waals surface area contributed by atoms with Crippen LogP contribution in [0.5, 0.6) is 0 Å². The lowest BCUT2D eigenvalue weighted by molar-refractivity contribution is -0.130. The van der Waals surface area contributed by atoms with E-state index in [0.717, 1.165) is 31.9 Å². The molecule has 1 N–H and O–H groups in total. The molecular formula is C12H18N4O. The normalized spacial score (nSPS) is 18.8. The standard InChI is InChI=1S/C12H18N4O/c1-12(10(17)13-2)4-8-16(9-5-12)11-14-6-3-7-15-11/h3,6-7H,4-5,8-9H2,1-2H3,(H,13,17). The summed E-state index contributed by atoms with van der Waals surface area (Å²) in [5, 5.41) is 2.74. The van der Waals surface area contributed by atoms with Crippen molar-refractivity contribution in [2.24, 2.45) is 5.41 Å². The predicted octanol–water partition coefficient (Wildman–Crippen LogP) is 0.829. The fourth-order valence-corrected chi connectivity index (χ4v) is 2.18. The van der Waals surface area contributed by atoms with E-state index < -0.39 is 0 Å². The largest absolute Gasteiger partial charge is 0.359 e. The van der Waals surface area contributed by atoms with Crippen molar-refractivity contribution in [1.29, 1.82) is 0 Å². The molecule has 2 rings (SSSR count). The molecule has 0 atom stereocenters. The Morgan fingerprint density at radius 1 is 1.35 bits per heavy atom. The van der Waals surface area contributed by atoms with Crippen molar-refractivity contribution in [3.63, 3.8) is 0 Å². The van der Waals surface area contributed by atoms with Gasteiger partial charge in [-0.05, 0) is 18.9 Å². The summed E-state index contributed by atoms with van der Waals surface area (Å²) in [6.45, 7) is 3.68. The number of amides is 1. The Bertz CT molecular complexity index is 385. The number of piperidine rings is 1. The van der Waals surface area contributed by atoms with Crippen LogP contribution in [-0.2, 0) is 4.79 Å². The van der Waals surface area contributed by atoms with Crippen LogP contribution in [0.15, 0.2) is 18.5 Å². The Morgan fingerprint density at radius 3 is 2.47 bits per heavy atom. The minimum Gasteiger partial charge on any atom is -0.359 e. The first kappa shape index (κ1) is 11.8. The third-order valence-electron chi connectivity index (χ3n) is 3.48. The van der Waals surface area contributed by atoms with Crippen molar-refractivity contribution in [2.45, 2.75) is 19.8 Å². The molecule has 92 valence electrons. The summed E-state index contributed by atoms with van der Waals surface area (Å²) < 4.78 is 0. The van der Waals surface area contributed by atoms with Crippen LogP contribution in [0.2, 0.25) is 0 Å². The molecule has 5 nitrogen and oxygen atoms in total. The van der Waals surface area contributed by atoms with Gasteiger partial charge in [0.05, 0.1) is 0 Å². The molecule has 1 aliphatic rings. The van der Waals surface area contributed by atoms with Crippen molar-refractivity contribution in [1.82, 2.24) is 15.3 Å². The van der Waals surface area contributed by atoms with E-state index in [1.165, 1.54) is 0 Å². The number of rotatable bonds is 2. The van der Waals surface area contributed by atoms with Crippen LogP contribution in [0.25, 0.3) is 0 Å². The summed E-state index contributed by atoms with van der Waals surface area (Å²) in [5.41, 5.74) is -0.250. The Morgan fingerprint density at radius 2 is 1.94 bits per heavy atom. The van der Waals surface area contributed by atoms with Gasteiger partial charge in [0.2, 0.25) is 11.9 Å². The number of aromatic nitrogens is 2. The monoisotopic (exact) mass is 234 g/mol. The van der Waals surface area contributed by atoms with Gasteiger partial charge in [0.15, 0.2) is 0 Å². The molecule has 2 heterocycles. The topological polar surface area (TPSA) is 58.1 Å². The second-order valence-corrected chi connectivity index (χ2v) is 4.68. The molecule has 5 heteroatoms. The predicted molar refractivity (Wildman–Crippen MR) is 65.7 cm³/mol. The average molecular weight is 234 g/mol. The second kappa shape index (κ2) is 4.69. The van der Waals surface area contributed by atoms with E-state index in [4.69, 9.17) is 0 Å². The fourth-order valence-electron chi connectivity index (χ4n) is 2.18. The zero-order chi connectivity index (χ0) is 12.3. The van der Waals surface area contributed by atoms with E-state index in [0.29, 0.717) is 0 Å². The van der Waals surface area contributed by atoms with Gasteiger partial charge < -0.3 is 10.2 Å². The summed E-state index contributed by atoms with van der Waals surface area (Å²) in [6.07, 6.45) is 5.17. The van der Waals surface area contributed by atoms with Crippen LogP contribution >= 0.6 is 0 Å². The molecule has 1 amide bonds. The summed E-state index contributed by atoms with van der Waals surface area (Å²) in [7, 11) is 1.69. The zero-order valence-corrected chi connectivity index (χ0v) is 10.3. The van der Waals surface area contributed by atoms with Crippen molar-refractivity contribution in [2.75, 3.05) is 25.0 Å². The Balaban J connectivity index is 2.01. The first-order valence-corrected chi connectivity index (χ1v) is 5.90. The minimum atomic E-state index is -0.250. The SMILES string of the molecule is CNC(=O)C1(C)CCN(c2ncccn2)CC1. The van der Waals surface area contributed by atoms with Gasteiger partial charge in [-0.15, -0.1) is 0 Å². The summed E-state index contributed by atoms with van der Waals surface area (Å²) >= 11 is 0. The molecule has 0 aromatic carbocycles. The summed E-state index contributed by atoms with van der Waals surface area (Å²) in [4.78, 5) is 22.4. The van der Waals surface area contributed by atoms with Crippen LogP contribution in [0.4, 0.5) is 5.95 Å². The van der Waals surface area contributed by atoms with E-state index in [1.54, 1.807) is 19.4 Å². The lowest BCUT2D eigenvalue weighted by Crippen LogP contribution is -2.46. The maximum atomic E-state index is 11.8. The number of nitrogens with zero attached hydrogens (tertiary/aromatic N) is 3. The molecule has 17 heavy (non-hydrogen) atoms. The fraction of sp³-hybridized carbons (Fsp3) is 0.583. The van der Waals surface area contributed by atoms with Crippen LogP contribution in [0.3, 0.4) is 0 Å². The van der Waals surface area contributed by atoms with E-state index in [2.05, 4.69) is 20.2 Å². The lowest BCUT2D eigenvalue weighted by atomic mass is 9.79. The molecule has 0 saturated carbocycles. The molecule has 1 aromatic heterocycles. The van der Waals surface area contributed by atoms with Crippen LogP contribution in [0.1, 0.15) is 19.8 Å². The zero-order valence-electron chi connectivity index (χ0n) is 10.3. The highest BCUT2D eigenvalue weighted by Crippen LogP contribution is 2.31. The number of nitrogens with one attached hydrogen (secondary N) is 1. The molecule has 1 fully saturated rings. The second-order valence-electron chi connectivity index (χ2n) is 4.68. The molecule has 0 bridgehead atoms. The van der Waals surface area contributed by atoms with Gasteiger partial charge in [-0.25, -0.2) is 9.97 Å². The molecule has 0 spiro atoms. The van der Waals surface area contributed by atoms with Crippen molar-refractivity contribution >= 4 is 11.9 Å². The number of carbonyl (C=O) groups excluding carboxylic acids is 1. The molecular weight excluding hydrogens is 216 g/mol. The third-order valence-corrected chi connectivity index (χ3v) is 3.48. The summed E-state index contributed by atoms with van der Waals surface area (Å²) in [6, 6.07) is 1.81. The van der Waals surface area contributed by atoms with Crippen molar-refractivity contribution in [3.8, 4) is 0 Å². The van der Waals surface area contributed by atoms with Gasteiger partial charge in [-0.2, -0.15) is 0 Å². The lowest BCUT2D eigenvalue weighted by Gasteiger charge is -2.37. The van der Waals surface area contributed by atoms with Gasteiger partial charge in [0.25, 0.3) is 0 Å². The van der Waals surface area contributed by atoms with Gasteiger partial charge in [0.1, 0.15) is 0 Å². The van der Waals surface area contributed by atoms with E-state index in [-0.39, 0.29) is 11.3 Å². The molecule has 0 radical (unpaired) electrons. The Kier molecular flexibility index (Phi) is 3.26. The molecule has 1 aromatic rings. The molecule has 1 aliphatic heterocycles. The van der Waals surface area contributed by atoms with E-state index in [9.17, 15) is 4.79 Å². The average Bonchev–Trinajstić information content (AvgIpc) is 2.39. The third kappa shape index (κ3) is 2.38. The van der Waals surface area contributed by atoms with Crippen LogP contribution in [0, 0.1) is 5.41 Å². The maximum absolute atomic E-state index is 11.8. The smallest absolute Gasteiger partial charge is 0.225 e. The number of anilines is 1. The maximum Gasteiger partial charge on any atom is 0.225 e. The first-order valence-electron chi connectivity index (χ1n) is 5.90. The van der Waals surface area contributed by atoms with Gasteiger partial charge in [0, 0.05) is 37.9 Å². The number of hydrogen-bond donors (Lipinski definition) is 1. The Hall–Kier alpha value is -1.65. The van der Waals surface area contributed by atoms with Crippen LogP contribution < -0.4 is 10.2 Å². The van der Waals surface area contributed by atoms with Crippen molar-refractivity contribution < 1.29 is 4.79 Å². The van der Waals surface area contributed by atoms with E-state index >= 15 is 0 Å². The Labute approximate surface area is 101 Å². The van der Waals surface area contributed by atoms with Gasteiger partial charge >= 0.3 is 0 Å². The molecule has 0 unspecified atom stereocenters. The highest BCUT2D eigenvalue weighted by molar-refractivity contribution is 5.82. The number of carbonyl (C=O) groups is 1. The number of hydrogen-bond acceptors (Lipinski definition) is 4. The van der Waals surface area contributed by atoms with Crippen molar-refractivity contribution in [3.05, 3.63) is 18.5 Å². The highest BCUT2D eigenvalue weighted by atomic mass is 16.2. The molecule has 0 aliphatic carbocycles. The molecule has 1 saturated heterocycles. The van der Waals surface area contributed by atoms with Gasteiger partial charge in [-0.1, -0.05) is 6.92 Å². The first-order chi connectivity index (χ1) is 8.15. The minimum absolute atomic E-state index is 0.131. The highest BCUT2D eigenvalue weighted by Gasteiger charge is 2.36. The van der Waals surface area contributed by atoms with E-state index in [1.807, 2.05) is 13.0 Å². The summed E-state index contributed by atoms with van der Waals surface area (Å²) in [5.74, 6) is 0.887.